The van der Waals surface area contributed by atoms with Crippen LogP contribution in [-0.2, 0) is 7.05 Å². The van der Waals surface area contributed by atoms with Crippen molar-refractivity contribution in [2.75, 3.05) is 13.1 Å². The molecule has 1 unspecified atom stereocenters. The average Bonchev–Trinajstić information content (AvgIpc) is 3.30. The topological polar surface area (TPSA) is 63.9 Å². The van der Waals surface area contributed by atoms with Crippen LogP contribution in [0.4, 0.5) is 4.39 Å². The van der Waals surface area contributed by atoms with Crippen LogP contribution in [0.15, 0.2) is 73.1 Å². The number of carbonyl (C=O) groups excluding carboxylic acids is 1. The van der Waals surface area contributed by atoms with Gasteiger partial charge in [-0.1, -0.05) is 24.3 Å². The molecule has 1 aromatic carbocycles. The van der Waals surface area contributed by atoms with Crippen molar-refractivity contribution in [1.29, 1.82) is 0 Å². The lowest BCUT2D eigenvalue weighted by atomic mass is 9.93. The maximum atomic E-state index is 14.3. The first-order chi connectivity index (χ1) is 16.1. The second-order valence-corrected chi connectivity index (χ2v) is 8.33. The van der Waals surface area contributed by atoms with Crippen molar-refractivity contribution in [1.82, 2.24) is 24.6 Å². The summed E-state index contributed by atoms with van der Waals surface area (Å²) in [5.41, 5.74) is 3.99. The first-order valence-electron chi connectivity index (χ1n) is 11.1. The normalized spacial score (nSPS) is 16.1. The maximum Gasteiger partial charge on any atom is 0.272 e. The zero-order valence-electron chi connectivity index (χ0n) is 18.4. The molecule has 1 fully saturated rings. The second kappa shape index (κ2) is 8.94. The highest BCUT2D eigenvalue weighted by atomic mass is 19.1. The Morgan fingerprint density at radius 3 is 2.64 bits per heavy atom. The van der Waals surface area contributed by atoms with Crippen LogP contribution in [0.25, 0.3) is 22.5 Å². The van der Waals surface area contributed by atoms with Gasteiger partial charge >= 0.3 is 0 Å². The summed E-state index contributed by atoms with van der Waals surface area (Å²) in [6.45, 7) is 1.24. The van der Waals surface area contributed by atoms with Crippen LogP contribution in [0.2, 0.25) is 0 Å². The van der Waals surface area contributed by atoms with Crippen LogP contribution in [0.1, 0.15) is 34.9 Å². The number of amides is 1. The summed E-state index contributed by atoms with van der Waals surface area (Å²) in [7, 11) is 1.85. The second-order valence-electron chi connectivity index (χ2n) is 8.33. The average molecular weight is 442 g/mol. The fraction of sp³-hybridized carbons (Fsp3) is 0.231. The summed E-state index contributed by atoms with van der Waals surface area (Å²) in [5.74, 6) is -0.284. The number of hydrogen-bond acceptors (Lipinski definition) is 4. The van der Waals surface area contributed by atoms with E-state index in [4.69, 9.17) is 4.98 Å². The zero-order valence-corrected chi connectivity index (χ0v) is 18.4. The monoisotopic (exact) mass is 441 g/mol. The summed E-state index contributed by atoms with van der Waals surface area (Å²) < 4.78 is 16.0. The van der Waals surface area contributed by atoms with Crippen LogP contribution in [0, 0.1) is 5.82 Å². The van der Waals surface area contributed by atoms with Crippen molar-refractivity contribution < 1.29 is 9.18 Å². The van der Waals surface area contributed by atoms with Crippen molar-refractivity contribution in [3.63, 3.8) is 0 Å². The van der Waals surface area contributed by atoms with E-state index in [-0.39, 0.29) is 17.6 Å². The Balaban J connectivity index is 1.36. The highest BCUT2D eigenvalue weighted by molar-refractivity contribution is 5.93. The largest absolute Gasteiger partial charge is 0.337 e. The predicted octanol–water partition coefficient (Wildman–Crippen LogP) is 4.70. The van der Waals surface area contributed by atoms with E-state index in [9.17, 15) is 9.18 Å². The lowest BCUT2D eigenvalue weighted by Crippen LogP contribution is -2.39. The van der Waals surface area contributed by atoms with Gasteiger partial charge in [-0.15, -0.1) is 0 Å². The van der Waals surface area contributed by atoms with Gasteiger partial charge in [0.2, 0.25) is 0 Å². The summed E-state index contributed by atoms with van der Waals surface area (Å²) in [4.78, 5) is 24.5. The number of rotatable bonds is 4. The molecule has 4 aromatic rings. The number of aromatic nitrogens is 4. The number of piperidine rings is 1. The summed E-state index contributed by atoms with van der Waals surface area (Å²) >= 11 is 0. The molecule has 0 saturated carbocycles. The number of carbonyl (C=O) groups is 1. The fourth-order valence-electron chi connectivity index (χ4n) is 4.33. The third-order valence-electron chi connectivity index (χ3n) is 6.02. The number of hydrogen-bond donors (Lipinski definition) is 0. The van der Waals surface area contributed by atoms with Gasteiger partial charge in [0.25, 0.3) is 5.91 Å². The Bertz CT molecular complexity index is 1300. The third kappa shape index (κ3) is 4.39. The molecule has 3 aromatic heterocycles. The summed E-state index contributed by atoms with van der Waals surface area (Å²) in [6.07, 6.45) is 5.43. The van der Waals surface area contributed by atoms with E-state index >= 15 is 0 Å². The molecular weight excluding hydrogens is 417 g/mol. The molecule has 1 amide bonds. The van der Waals surface area contributed by atoms with Gasteiger partial charge in [0.1, 0.15) is 11.5 Å². The molecule has 4 heterocycles. The van der Waals surface area contributed by atoms with Gasteiger partial charge in [-0.25, -0.2) is 9.37 Å². The van der Waals surface area contributed by atoms with Crippen molar-refractivity contribution in [3.8, 4) is 22.5 Å². The van der Waals surface area contributed by atoms with E-state index in [0.717, 1.165) is 29.8 Å². The Morgan fingerprint density at radius 1 is 1.00 bits per heavy atom. The van der Waals surface area contributed by atoms with E-state index < -0.39 is 0 Å². The minimum absolute atomic E-state index is 0.0873. The first-order valence-corrected chi connectivity index (χ1v) is 11.1. The van der Waals surface area contributed by atoms with Gasteiger partial charge in [-0.05, 0) is 49.2 Å². The third-order valence-corrected chi connectivity index (χ3v) is 6.02. The molecule has 0 bridgehead atoms. The minimum atomic E-state index is -0.290. The Hall–Kier alpha value is -3.87. The molecule has 166 valence electrons. The molecular formula is C26H24FN5O. The molecule has 1 aliphatic heterocycles. The predicted molar refractivity (Wildman–Crippen MR) is 124 cm³/mol. The SMILES string of the molecule is Cn1cc(-c2cccc(C(=O)N3CCCC(c4cccc(-c5ccccc5F)n4)C3)n2)cn1. The number of likely N-dealkylation sites (tertiary alicyclic amines) is 1. The molecule has 0 radical (unpaired) electrons. The van der Waals surface area contributed by atoms with Crippen LogP contribution in [0.3, 0.4) is 0 Å². The molecule has 0 N–H and O–H groups in total. The molecule has 1 aliphatic rings. The number of halogens is 1. The van der Waals surface area contributed by atoms with Gasteiger partial charge in [-0.2, -0.15) is 5.10 Å². The van der Waals surface area contributed by atoms with Gasteiger partial charge in [0.15, 0.2) is 0 Å². The molecule has 0 spiro atoms. The fourth-order valence-corrected chi connectivity index (χ4v) is 4.33. The van der Waals surface area contributed by atoms with Crippen LogP contribution < -0.4 is 0 Å². The van der Waals surface area contributed by atoms with E-state index in [1.54, 1.807) is 35.1 Å². The molecule has 7 heteroatoms. The van der Waals surface area contributed by atoms with Gasteiger partial charge < -0.3 is 4.90 Å². The molecule has 5 rings (SSSR count). The smallest absolute Gasteiger partial charge is 0.272 e. The number of pyridine rings is 2. The Kier molecular flexibility index (Phi) is 5.69. The Labute approximate surface area is 191 Å². The van der Waals surface area contributed by atoms with Crippen LogP contribution >= 0.6 is 0 Å². The molecule has 1 saturated heterocycles. The van der Waals surface area contributed by atoms with Crippen molar-refractivity contribution in [3.05, 3.63) is 90.3 Å². The van der Waals surface area contributed by atoms with Crippen molar-refractivity contribution in [2.24, 2.45) is 7.05 Å². The molecule has 0 aliphatic carbocycles. The molecule has 1 atom stereocenters. The molecule has 6 nitrogen and oxygen atoms in total. The van der Waals surface area contributed by atoms with E-state index in [1.807, 2.05) is 48.5 Å². The molecule has 33 heavy (non-hydrogen) atoms. The first kappa shape index (κ1) is 21.0. The summed E-state index contributed by atoms with van der Waals surface area (Å²) in [6, 6.07) is 17.8. The van der Waals surface area contributed by atoms with E-state index in [1.165, 1.54) is 6.07 Å². The van der Waals surface area contributed by atoms with Crippen LogP contribution in [0.5, 0.6) is 0 Å². The van der Waals surface area contributed by atoms with E-state index in [2.05, 4.69) is 10.1 Å². The zero-order chi connectivity index (χ0) is 22.8. The number of aryl methyl sites for hydroxylation is 1. The van der Waals surface area contributed by atoms with E-state index in [0.29, 0.717) is 30.0 Å². The Morgan fingerprint density at radius 2 is 1.82 bits per heavy atom. The van der Waals surface area contributed by atoms with Crippen molar-refractivity contribution in [2.45, 2.75) is 18.8 Å². The lowest BCUT2D eigenvalue weighted by Gasteiger charge is -2.32. The number of nitrogens with zero attached hydrogens (tertiary/aromatic N) is 5. The maximum absolute atomic E-state index is 14.3. The lowest BCUT2D eigenvalue weighted by molar-refractivity contribution is 0.0700. The highest BCUT2D eigenvalue weighted by Gasteiger charge is 2.27. The summed E-state index contributed by atoms with van der Waals surface area (Å²) in [5, 5.41) is 4.19. The van der Waals surface area contributed by atoms with Gasteiger partial charge in [0, 0.05) is 49.1 Å². The number of benzene rings is 1. The quantitative estimate of drug-likeness (QED) is 0.460. The van der Waals surface area contributed by atoms with Crippen molar-refractivity contribution >= 4 is 5.91 Å². The minimum Gasteiger partial charge on any atom is -0.337 e. The van der Waals surface area contributed by atoms with Gasteiger partial charge in [0.05, 0.1) is 17.6 Å². The van der Waals surface area contributed by atoms with Gasteiger partial charge in [-0.3, -0.25) is 14.5 Å². The highest BCUT2D eigenvalue weighted by Crippen LogP contribution is 2.29. The standard InChI is InChI=1S/C26H24FN5O/c1-31-16-19(15-28-31)23-11-5-13-25(30-23)26(33)32-14-6-7-18(17-32)22-10-4-12-24(29-22)20-8-2-3-9-21(20)27/h2-5,8-13,15-16,18H,6-7,14,17H2,1H3. The van der Waals surface area contributed by atoms with Crippen LogP contribution in [-0.4, -0.2) is 43.6 Å².